The standard InChI is InChI=1S/C16H20N4O4S/c1-12-4-3-5-17-15(12)18-16(21)14-10-13(11-19(14)2)25(22,23)20-6-8-24-9-7-20/h3-5,10-11H,6-9H2,1-2H3,(H,17,18,21). The fraction of sp³-hybridized carbons (Fsp3) is 0.375. The molecule has 3 rings (SSSR count). The van der Waals surface area contributed by atoms with Crippen LogP contribution < -0.4 is 5.32 Å². The Kier molecular flexibility index (Phi) is 4.89. The number of morpholine rings is 1. The number of rotatable bonds is 4. The molecule has 0 aromatic carbocycles. The van der Waals surface area contributed by atoms with Crippen molar-refractivity contribution in [2.75, 3.05) is 31.6 Å². The van der Waals surface area contributed by atoms with E-state index in [1.54, 1.807) is 19.3 Å². The van der Waals surface area contributed by atoms with Gasteiger partial charge in [0.2, 0.25) is 10.0 Å². The van der Waals surface area contributed by atoms with Gasteiger partial charge in [-0.2, -0.15) is 4.31 Å². The number of sulfonamides is 1. The molecule has 1 aliphatic rings. The lowest BCUT2D eigenvalue weighted by Crippen LogP contribution is -2.40. The highest BCUT2D eigenvalue weighted by Crippen LogP contribution is 2.20. The minimum Gasteiger partial charge on any atom is -0.379 e. The number of anilines is 1. The number of pyridine rings is 1. The quantitative estimate of drug-likeness (QED) is 0.874. The maximum absolute atomic E-state index is 12.7. The number of hydrogen-bond acceptors (Lipinski definition) is 5. The third kappa shape index (κ3) is 3.58. The van der Waals surface area contributed by atoms with Crippen molar-refractivity contribution in [2.45, 2.75) is 11.8 Å². The average molecular weight is 364 g/mol. The molecule has 0 aliphatic carbocycles. The van der Waals surface area contributed by atoms with Crippen molar-refractivity contribution in [1.29, 1.82) is 0 Å². The minimum absolute atomic E-state index is 0.0970. The Hall–Kier alpha value is -2.23. The number of amides is 1. The van der Waals surface area contributed by atoms with Gasteiger partial charge in [-0.05, 0) is 24.6 Å². The Balaban J connectivity index is 1.84. The van der Waals surface area contributed by atoms with E-state index in [2.05, 4.69) is 10.3 Å². The van der Waals surface area contributed by atoms with Crippen LogP contribution in [0.5, 0.6) is 0 Å². The van der Waals surface area contributed by atoms with E-state index in [4.69, 9.17) is 4.74 Å². The molecule has 0 spiro atoms. The van der Waals surface area contributed by atoms with E-state index in [-0.39, 0.29) is 10.6 Å². The van der Waals surface area contributed by atoms with Gasteiger partial charge in [0.1, 0.15) is 16.4 Å². The second-order valence-corrected chi connectivity index (χ2v) is 7.75. The van der Waals surface area contributed by atoms with Crippen LogP contribution in [0.4, 0.5) is 5.82 Å². The van der Waals surface area contributed by atoms with Crippen LogP contribution in [0.15, 0.2) is 35.5 Å². The average Bonchev–Trinajstić information content (AvgIpc) is 3.00. The fourth-order valence-electron chi connectivity index (χ4n) is 2.63. The highest BCUT2D eigenvalue weighted by molar-refractivity contribution is 7.89. The lowest BCUT2D eigenvalue weighted by Gasteiger charge is -2.25. The summed E-state index contributed by atoms with van der Waals surface area (Å²) in [7, 11) is -2.00. The van der Waals surface area contributed by atoms with Crippen LogP contribution in [0.3, 0.4) is 0 Å². The predicted molar refractivity (Wildman–Crippen MR) is 91.9 cm³/mol. The molecule has 8 nitrogen and oxygen atoms in total. The number of carbonyl (C=O) groups is 1. The van der Waals surface area contributed by atoms with Gasteiger partial charge < -0.3 is 14.6 Å². The van der Waals surface area contributed by atoms with E-state index in [0.29, 0.717) is 32.1 Å². The van der Waals surface area contributed by atoms with E-state index in [1.165, 1.54) is 21.1 Å². The van der Waals surface area contributed by atoms with Crippen molar-refractivity contribution in [1.82, 2.24) is 13.9 Å². The Morgan fingerprint density at radius 1 is 1.32 bits per heavy atom. The second-order valence-electron chi connectivity index (χ2n) is 5.81. The molecule has 134 valence electrons. The van der Waals surface area contributed by atoms with E-state index < -0.39 is 15.9 Å². The first-order chi connectivity index (χ1) is 11.9. The van der Waals surface area contributed by atoms with Gasteiger partial charge in [0.05, 0.1) is 13.2 Å². The Morgan fingerprint density at radius 2 is 2.04 bits per heavy atom. The van der Waals surface area contributed by atoms with E-state index >= 15 is 0 Å². The zero-order valence-electron chi connectivity index (χ0n) is 14.1. The molecular formula is C16H20N4O4S. The number of hydrogen-bond donors (Lipinski definition) is 1. The van der Waals surface area contributed by atoms with E-state index in [9.17, 15) is 13.2 Å². The number of nitrogens with zero attached hydrogens (tertiary/aromatic N) is 3. The van der Waals surface area contributed by atoms with Gasteiger partial charge in [-0.25, -0.2) is 13.4 Å². The molecule has 1 saturated heterocycles. The van der Waals surface area contributed by atoms with Crippen LogP contribution >= 0.6 is 0 Å². The van der Waals surface area contributed by atoms with Crippen LogP contribution in [-0.2, 0) is 21.8 Å². The number of aryl methyl sites for hydroxylation is 2. The first-order valence-corrected chi connectivity index (χ1v) is 9.31. The van der Waals surface area contributed by atoms with Crippen molar-refractivity contribution in [3.05, 3.63) is 41.9 Å². The highest BCUT2D eigenvalue weighted by atomic mass is 32.2. The van der Waals surface area contributed by atoms with Gasteiger partial charge >= 0.3 is 0 Å². The SMILES string of the molecule is Cc1cccnc1NC(=O)c1cc(S(=O)(=O)N2CCOCC2)cn1C. The summed E-state index contributed by atoms with van der Waals surface area (Å²) in [6.45, 7) is 3.20. The summed E-state index contributed by atoms with van der Waals surface area (Å²) in [4.78, 5) is 16.7. The van der Waals surface area contributed by atoms with Crippen molar-refractivity contribution in [2.24, 2.45) is 7.05 Å². The summed E-state index contributed by atoms with van der Waals surface area (Å²) >= 11 is 0. The van der Waals surface area contributed by atoms with Gasteiger partial charge in [-0.1, -0.05) is 6.07 Å². The monoisotopic (exact) mass is 364 g/mol. The molecule has 2 aromatic rings. The Morgan fingerprint density at radius 3 is 2.72 bits per heavy atom. The maximum Gasteiger partial charge on any atom is 0.273 e. The molecule has 0 saturated carbocycles. The zero-order chi connectivity index (χ0) is 18.0. The van der Waals surface area contributed by atoms with Gasteiger partial charge in [0.25, 0.3) is 5.91 Å². The Labute approximate surface area is 146 Å². The van der Waals surface area contributed by atoms with Gasteiger partial charge in [0, 0.05) is 32.5 Å². The zero-order valence-corrected chi connectivity index (χ0v) is 14.9. The fourth-order valence-corrected chi connectivity index (χ4v) is 4.10. The summed E-state index contributed by atoms with van der Waals surface area (Å²) in [5.41, 5.74) is 1.07. The van der Waals surface area contributed by atoms with Gasteiger partial charge in [-0.15, -0.1) is 0 Å². The molecule has 1 aliphatic heterocycles. The first kappa shape index (κ1) is 17.6. The molecule has 0 radical (unpaired) electrons. The summed E-state index contributed by atoms with van der Waals surface area (Å²) in [6, 6.07) is 5.00. The molecule has 1 amide bonds. The number of ether oxygens (including phenoxy) is 1. The first-order valence-electron chi connectivity index (χ1n) is 7.87. The third-order valence-corrected chi connectivity index (χ3v) is 5.93. The lowest BCUT2D eigenvalue weighted by molar-refractivity contribution is 0.0730. The van der Waals surface area contributed by atoms with Gasteiger partial charge in [-0.3, -0.25) is 4.79 Å². The van der Waals surface area contributed by atoms with Crippen molar-refractivity contribution in [3.63, 3.8) is 0 Å². The molecule has 3 heterocycles. The second kappa shape index (κ2) is 6.95. The Bertz CT molecular complexity index is 885. The number of carbonyl (C=O) groups excluding carboxylic acids is 1. The van der Waals surface area contributed by atoms with Crippen LogP contribution in [0.2, 0.25) is 0 Å². The van der Waals surface area contributed by atoms with Crippen LogP contribution in [0.1, 0.15) is 16.1 Å². The number of aromatic nitrogens is 2. The largest absolute Gasteiger partial charge is 0.379 e. The maximum atomic E-state index is 12.7. The summed E-state index contributed by atoms with van der Waals surface area (Å²) in [6.07, 6.45) is 3.03. The molecule has 1 N–H and O–H groups in total. The molecule has 25 heavy (non-hydrogen) atoms. The van der Waals surface area contributed by atoms with Crippen LogP contribution in [-0.4, -0.2) is 54.5 Å². The minimum atomic E-state index is -3.64. The van der Waals surface area contributed by atoms with E-state index in [1.807, 2.05) is 13.0 Å². The van der Waals surface area contributed by atoms with Crippen LogP contribution in [0.25, 0.3) is 0 Å². The molecule has 0 unspecified atom stereocenters. The molecule has 1 fully saturated rings. The third-order valence-electron chi connectivity index (χ3n) is 4.06. The lowest BCUT2D eigenvalue weighted by atomic mass is 10.3. The molecule has 2 aromatic heterocycles. The number of nitrogens with one attached hydrogen (secondary N) is 1. The smallest absolute Gasteiger partial charge is 0.273 e. The van der Waals surface area contributed by atoms with Crippen molar-refractivity contribution >= 4 is 21.7 Å². The van der Waals surface area contributed by atoms with Crippen molar-refractivity contribution < 1.29 is 17.9 Å². The summed E-state index contributed by atoms with van der Waals surface area (Å²) in [5, 5.41) is 2.71. The highest BCUT2D eigenvalue weighted by Gasteiger charge is 2.28. The molecule has 0 atom stereocenters. The van der Waals surface area contributed by atoms with Gasteiger partial charge in [0.15, 0.2) is 0 Å². The topological polar surface area (TPSA) is 93.5 Å². The predicted octanol–water partition coefficient (Wildman–Crippen LogP) is 1.00. The molecule has 9 heteroatoms. The van der Waals surface area contributed by atoms with E-state index in [0.717, 1.165) is 5.56 Å². The molecule has 0 bridgehead atoms. The molecular weight excluding hydrogens is 344 g/mol. The normalized spacial score (nSPS) is 15.9. The summed E-state index contributed by atoms with van der Waals surface area (Å²) < 4.78 is 33.5. The van der Waals surface area contributed by atoms with Crippen molar-refractivity contribution in [3.8, 4) is 0 Å². The summed E-state index contributed by atoms with van der Waals surface area (Å²) in [5.74, 6) is 0.0408. The van der Waals surface area contributed by atoms with Crippen LogP contribution in [0, 0.1) is 6.92 Å².